The highest BCUT2D eigenvalue weighted by Gasteiger charge is 2.07. The Labute approximate surface area is 102 Å². The molecule has 1 aromatic carbocycles. The third-order valence-corrected chi connectivity index (χ3v) is 2.47. The highest BCUT2D eigenvalue weighted by Crippen LogP contribution is 2.26. The van der Waals surface area contributed by atoms with Gasteiger partial charge in [-0.3, -0.25) is 4.79 Å². The van der Waals surface area contributed by atoms with Gasteiger partial charge in [0.05, 0.1) is 6.61 Å². The Morgan fingerprint density at radius 2 is 2.06 bits per heavy atom. The largest absolute Gasteiger partial charge is 0.494 e. The summed E-state index contributed by atoms with van der Waals surface area (Å²) in [6, 6.07) is 3.87. The molecule has 4 nitrogen and oxygen atoms in total. The number of amides is 1. The van der Waals surface area contributed by atoms with Crippen LogP contribution in [0.2, 0.25) is 0 Å². The number of hydrogen-bond acceptors (Lipinski definition) is 3. The van der Waals surface area contributed by atoms with Gasteiger partial charge in [0.1, 0.15) is 5.75 Å². The molecule has 0 radical (unpaired) electrons. The van der Waals surface area contributed by atoms with E-state index >= 15 is 0 Å². The van der Waals surface area contributed by atoms with Gasteiger partial charge in [-0.15, -0.1) is 0 Å². The molecule has 94 valence electrons. The fourth-order valence-corrected chi connectivity index (χ4v) is 1.58. The van der Waals surface area contributed by atoms with Crippen LogP contribution in [0.4, 0.5) is 5.69 Å². The Balaban J connectivity index is 2.87. The van der Waals surface area contributed by atoms with E-state index in [1.54, 1.807) is 0 Å². The van der Waals surface area contributed by atoms with Crippen LogP contribution in [0.3, 0.4) is 0 Å². The predicted molar refractivity (Wildman–Crippen MR) is 69.4 cm³/mol. The normalized spacial score (nSPS) is 10.1. The average molecular weight is 236 g/mol. The van der Waals surface area contributed by atoms with E-state index in [4.69, 9.17) is 10.5 Å². The topological polar surface area (TPSA) is 64.3 Å². The van der Waals surface area contributed by atoms with Crippen molar-refractivity contribution in [3.63, 3.8) is 0 Å². The molecule has 0 saturated heterocycles. The Morgan fingerprint density at radius 1 is 1.35 bits per heavy atom. The highest BCUT2D eigenvalue weighted by atomic mass is 16.5. The molecule has 3 N–H and O–H groups in total. The lowest BCUT2D eigenvalue weighted by Gasteiger charge is -2.13. The minimum absolute atomic E-state index is 0.0563. The summed E-state index contributed by atoms with van der Waals surface area (Å²) < 4.78 is 5.49. The molecule has 1 rings (SSSR count). The van der Waals surface area contributed by atoms with Crippen molar-refractivity contribution in [3.8, 4) is 5.75 Å². The predicted octanol–water partition coefficient (Wildman–Crippen LogP) is 1.99. The number of hydrogen-bond donors (Lipinski definition) is 2. The molecule has 0 saturated carbocycles. The smallest absolute Gasteiger partial charge is 0.225 e. The van der Waals surface area contributed by atoms with E-state index in [1.165, 1.54) is 0 Å². The van der Waals surface area contributed by atoms with Gasteiger partial charge in [0.25, 0.3) is 0 Å². The zero-order chi connectivity index (χ0) is 12.8. The first-order valence-corrected chi connectivity index (χ1v) is 5.82. The van der Waals surface area contributed by atoms with Crippen LogP contribution < -0.4 is 15.8 Å². The van der Waals surface area contributed by atoms with E-state index in [-0.39, 0.29) is 5.91 Å². The number of rotatable bonds is 5. The van der Waals surface area contributed by atoms with E-state index in [0.29, 0.717) is 19.6 Å². The first kappa shape index (κ1) is 13.5. The summed E-state index contributed by atoms with van der Waals surface area (Å²) in [6.45, 7) is 6.86. The summed E-state index contributed by atoms with van der Waals surface area (Å²) in [5.41, 5.74) is 8.16. The second-order valence-corrected chi connectivity index (χ2v) is 3.95. The lowest BCUT2D eigenvalue weighted by Crippen LogP contribution is -2.16. The molecule has 0 heterocycles. The molecule has 0 fully saturated rings. The minimum Gasteiger partial charge on any atom is -0.494 e. The Hall–Kier alpha value is -1.55. The molecule has 0 unspecified atom stereocenters. The third-order valence-electron chi connectivity index (χ3n) is 2.47. The summed E-state index contributed by atoms with van der Waals surface area (Å²) in [5.74, 6) is 0.806. The first-order valence-electron chi connectivity index (χ1n) is 5.82. The summed E-state index contributed by atoms with van der Waals surface area (Å²) in [6.07, 6.45) is 0.339. The SMILES string of the molecule is CCOc1cc(C)c(NC(=O)CCN)cc1C. The second-order valence-electron chi connectivity index (χ2n) is 3.95. The highest BCUT2D eigenvalue weighted by molar-refractivity contribution is 5.91. The van der Waals surface area contributed by atoms with E-state index in [0.717, 1.165) is 22.6 Å². The van der Waals surface area contributed by atoms with E-state index in [1.807, 2.05) is 32.9 Å². The zero-order valence-electron chi connectivity index (χ0n) is 10.7. The van der Waals surface area contributed by atoms with E-state index in [2.05, 4.69) is 5.32 Å². The first-order chi connectivity index (χ1) is 8.08. The number of aryl methyl sites for hydroxylation is 2. The van der Waals surface area contributed by atoms with Crippen LogP contribution in [0, 0.1) is 13.8 Å². The van der Waals surface area contributed by atoms with Gasteiger partial charge in [-0.05, 0) is 44.0 Å². The lowest BCUT2D eigenvalue weighted by atomic mass is 10.1. The van der Waals surface area contributed by atoms with Gasteiger partial charge < -0.3 is 15.8 Å². The van der Waals surface area contributed by atoms with Gasteiger partial charge in [0.15, 0.2) is 0 Å². The molecular weight excluding hydrogens is 216 g/mol. The molecule has 0 aliphatic heterocycles. The number of benzene rings is 1. The number of carbonyl (C=O) groups excluding carboxylic acids is 1. The molecule has 0 bridgehead atoms. The maximum absolute atomic E-state index is 11.5. The van der Waals surface area contributed by atoms with Crippen molar-refractivity contribution in [1.29, 1.82) is 0 Å². The molecule has 0 aliphatic carbocycles. The second kappa shape index (κ2) is 6.25. The number of carbonyl (C=O) groups is 1. The summed E-state index contributed by atoms with van der Waals surface area (Å²) in [4.78, 5) is 11.5. The molecule has 1 aromatic rings. The van der Waals surface area contributed by atoms with Crippen LogP contribution in [0.1, 0.15) is 24.5 Å². The Morgan fingerprint density at radius 3 is 2.65 bits per heavy atom. The third kappa shape index (κ3) is 3.75. The van der Waals surface area contributed by atoms with Crippen molar-refractivity contribution in [2.75, 3.05) is 18.5 Å². The van der Waals surface area contributed by atoms with E-state index in [9.17, 15) is 4.79 Å². The maximum Gasteiger partial charge on any atom is 0.225 e. The molecule has 0 spiro atoms. The van der Waals surface area contributed by atoms with Crippen molar-refractivity contribution in [2.24, 2.45) is 5.73 Å². The summed E-state index contributed by atoms with van der Waals surface area (Å²) in [5, 5.41) is 2.85. The fourth-order valence-electron chi connectivity index (χ4n) is 1.58. The maximum atomic E-state index is 11.5. The van der Waals surface area contributed by atoms with E-state index < -0.39 is 0 Å². The molecule has 1 amide bonds. The number of nitrogens with two attached hydrogens (primary N) is 1. The van der Waals surface area contributed by atoms with Crippen molar-refractivity contribution in [1.82, 2.24) is 0 Å². The molecule has 0 atom stereocenters. The van der Waals surface area contributed by atoms with Crippen LogP contribution in [-0.2, 0) is 4.79 Å². The van der Waals surface area contributed by atoms with Crippen LogP contribution >= 0.6 is 0 Å². The summed E-state index contributed by atoms with van der Waals surface area (Å²) in [7, 11) is 0. The molecule has 0 aliphatic rings. The van der Waals surface area contributed by atoms with Gasteiger partial charge >= 0.3 is 0 Å². The van der Waals surface area contributed by atoms with Crippen LogP contribution in [-0.4, -0.2) is 19.1 Å². The standard InChI is InChI=1S/C13H20N2O2/c1-4-17-12-8-9(2)11(7-10(12)3)15-13(16)5-6-14/h7-8H,4-6,14H2,1-3H3,(H,15,16). The monoisotopic (exact) mass is 236 g/mol. The van der Waals surface area contributed by atoms with Gasteiger partial charge in [0.2, 0.25) is 5.91 Å². The quantitative estimate of drug-likeness (QED) is 0.821. The van der Waals surface area contributed by atoms with Crippen LogP contribution in [0.15, 0.2) is 12.1 Å². The molecular formula is C13H20N2O2. The summed E-state index contributed by atoms with van der Waals surface area (Å²) >= 11 is 0. The van der Waals surface area contributed by atoms with Crippen molar-refractivity contribution >= 4 is 11.6 Å². The van der Waals surface area contributed by atoms with Crippen molar-refractivity contribution in [2.45, 2.75) is 27.2 Å². The van der Waals surface area contributed by atoms with Gasteiger partial charge in [-0.25, -0.2) is 0 Å². The van der Waals surface area contributed by atoms with Crippen LogP contribution in [0.25, 0.3) is 0 Å². The Kier molecular flexibility index (Phi) is 4.97. The Bertz CT molecular complexity index is 403. The number of ether oxygens (including phenoxy) is 1. The van der Waals surface area contributed by atoms with Crippen molar-refractivity contribution < 1.29 is 9.53 Å². The van der Waals surface area contributed by atoms with Gasteiger partial charge in [-0.1, -0.05) is 0 Å². The number of anilines is 1. The molecule has 17 heavy (non-hydrogen) atoms. The van der Waals surface area contributed by atoms with Crippen LogP contribution in [0.5, 0.6) is 5.75 Å². The number of nitrogens with one attached hydrogen (secondary N) is 1. The average Bonchev–Trinajstić information content (AvgIpc) is 2.26. The van der Waals surface area contributed by atoms with Crippen molar-refractivity contribution in [3.05, 3.63) is 23.3 Å². The van der Waals surface area contributed by atoms with Gasteiger partial charge in [0, 0.05) is 18.7 Å². The molecule has 4 heteroatoms. The fraction of sp³-hybridized carbons (Fsp3) is 0.462. The molecule has 0 aromatic heterocycles. The minimum atomic E-state index is -0.0563. The van der Waals surface area contributed by atoms with Gasteiger partial charge in [-0.2, -0.15) is 0 Å². The lowest BCUT2D eigenvalue weighted by molar-refractivity contribution is -0.116. The zero-order valence-corrected chi connectivity index (χ0v) is 10.7.